The molecular weight excluding hydrogens is 262 g/mol. The van der Waals surface area contributed by atoms with Gasteiger partial charge in [-0.15, -0.1) is 0 Å². The maximum absolute atomic E-state index is 9.27. The highest BCUT2D eigenvalue weighted by molar-refractivity contribution is 5.46. The van der Waals surface area contributed by atoms with E-state index in [9.17, 15) is 5.11 Å². The summed E-state index contributed by atoms with van der Waals surface area (Å²) in [4.78, 5) is 0. The fraction of sp³-hybridized carbons (Fsp3) is 0.333. The van der Waals surface area contributed by atoms with Crippen LogP contribution in [0.2, 0.25) is 0 Å². The molecule has 2 N–H and O–H groups in total. The summed E-state index contributed by atoms with van der Waals surface area (Å²) in [6, 6.07) is 15.7. The minimum absolute atomic E-state index is 0.238. The first-order valence-corrected chi connectivity index (χ1v) is 7.39. The van der Waals surface area contributed by atoms with Gasteiger partial charge in [0, 0.05) is 18.8 Å². The van der Waals surface area contributed by atoms with Crippen molar-refractivity contribution in [1.29, 1.82) is 0 Å². The van der Waals surface area contributed by atoms with Gasteiger partial charge in [0.15, 0.2) is 0 Å². The van der Waals surface area contributed by atoms with Crippen LogP contribution in [0.15, 0.2) is 48.5 Å². The summed E-state index contributed by atoms with van der Waals surface area (Å²) in [5.41, 5.74) is 3.51. The zero-order valence-corrected chi connectivity index (χ0v) is 12.7. The summed E-state index contributed by atoms with van der Waals surface area (Å²) in [5, 5.41) is 12.7. The molecule has 0 amide bonds. The first-order chi connectivity index (χ1) is 10.2. The Morgan fingerprint density at radius 3 is 2.57 bits per heavy atom. The topological polar surface area (TPSA) is 41.5 Å². The molecule has 1 atom stereocenters. The number of aromatic hydroxyl groups is 1. The highest BCUT2D eigenvalue weighted by atomic mass is 16.5. The number of ether oxygens (including phenoxy) is 1. The van der Waals surface area contributed by atoms with Crippen LogP contribution in [0.1, 0.15) is 25.0 Å². The van der Waals surface area contributed by atoms with Gasteiger partial charge in [-0.05, 0) is 55.7 Å². The minimum Gasteiger partial charge on any atom is -0.508 e. The average molecular weight is 285 g/mol. The molecule has 0 heterocycles. The number of rotatable bonds is 7. The van der Waals surface area contributed by atoms with Gasteiger partial charge in [0.25, 0.3) is 0 Å². The van der Waals surface area contributed by atoms with Crippen molar-refractivity contribution < 1.29 is 9.84 Å². The predicted molar refractivity (Wildman–Crippen MR) is 86.7 cm³/mol. The van der Waals surface area contributed by atoms with Gasteiger partial charge < -0.3 is 15.2 Å². The van der Waals surface area contributed by atoms with Gasteiger partial charge in [0.2, 0.25) is 0 Å². The lowest BCUT2D eigenvalue weighted by molar-refractivity contribution is 0.0768. The number of phenolic OH excluding ortho intramolecular Hbond substituents is 1. The van der Waals surface area contributed by atoms with E-state index in [2.05, 4.69) is 36.5 Å². The maximum Gasteiger partial charge on any atom is 0.115 e. The average Bonchev–Trinajstić information content (AvgIpc) is 2.47. The summed E-state index contributed by atoms with van der Waals surface area (Å²) in [5.74, 6) is 0.297. The molecule has 21 heavy (non-hydrogen) atoms. The van der Waals surface area contributed by atoms with E-state index in [0.29, 0.717) is 5.75 Å². The third-order valence-corrected chi connectivity index (χ3v) is 3.33. The van der Waals surface area contributed by atoms with Crippen LogP contribution in [-0.2, 0) is 17.7 Å². The van der Waals surface area contributed by atoms with Gasteiger partial charge in [-0.3, -0.25) is 0 Å². The third-order valence-electron chi connectivity index (χ3n) is 3.33. The fourth-order valence-electron chi connectivity index (χ4n) is 2.30. The molecule has 0 saturated heterocycles. The molecule has 0 saturated carbocycles. The molecule has 0 aliphatic heterocycles. The molecule has 0 aliphatic rings. The van der Waals surface area contributed by atoms with E-state index in [1.807, 2.05) is 19.1 Å². The number of benzene rings is 2. The van der Waals surface area contributed by atoms with Gasteiger partial charge in [-0.2, -0.15) is 0 Å². The van der Waals surface area contributed by atoms with E-state index in [4.69, 9.17) is 4.74 Å². The largest absolute Gasteiger partial charge is 0.508 e. The second-order valence-corrected chi connectivity index (χ2v) is 5.19. The van der Waals surface area contributed by atoms with Gasteiger partial charge in [0.1, 0.15) is 5.75 Å². The van der Waals surface area contributed by atoms with E-state index in [1.165, 1.54) is 5.56 Å². The van der Waals surface area contributed by atoms with Crippen molar-refractivity contribution in [1.82, 2.24) is 0 Å². The summed E-state index contributed by atoms with van der Waals surface area (Å²) < 4.78 is 5.58. The first-order valence-electron chi connectivity index (χ1n) is 7.39. The summed E-state index contributed by atoms with van der Waals surface area (Å²) in [6.07, 6.45) is 1.16. The summed E-state index contributed by atoms with van der Waals surface area (Å²) in [6.45, 7) is 5.61. The van der Waals surface area contributed by atoms with Crippen LogP contribution in [-0.4, -0.2) is 17.8 Å². The van der Waals surface area contributed by atoms with Crippen LogP contribution in [0.5, 0.6) is 5.75 Å². The molecule has 2 aromatic rings. The molecular formula is C18H23NO2. The lowest BCUT2D eigenvalue weighted by Crippen LogP contribution is -2.11. The Kier molecular flexibility index (Phi) is 5.64. The molecule has 0 aromatic heterocycles. The van der Waals surface area contributed by atoms with Gasteiger partial charge in [-0.25, -0.2) is 0 Å². The molecule has 0 spiro atoms. The number of nitrogens with one attached hydrogen (secondary N) is 1. The van der Waals surface area contributed by atoms with E-state index in [0.717, 1.165) is 30.8 Å². The maximum atomic E-state index is 9.27. The monoisotopic (exact) mass is 285 g/mol. The third kappa shape index (κ3) is 5.12. The fourth-order valence-corrected chi connectivity index (χ4v) is 2.30. The molecule has 2 rings (SSSR count). The normalized spacial score (nSPS) is 12.1. The predicted octanol–water partition coefficient (Wildman–Crippen LogP) is 3.97. The number of phenols is 1. The Labute approximate surface area is 126 Å². The van der Waals surface area contributed by atoms with Crippen LogP contribution in [0, 0.1) is 0 Å². The second kappa shape index (κ2) is 7.70. The van der Waals surface area contributed by atoms with E-state index in [1.54, 1.807) is 12.1 Å². The van der Waals surface area contributed by atoms with Crippen LogP contribution < -0.4 is 5.32 Å². The van der Waals surface area contributed by atoms with Crippen molar-refractivity contribution in [3.05, 3.63) is 59.7 Å². The number of anilines is 1. The molecule has 3 nitrogen and oxygen atoms in total. The zero-order valence-electron chi connectivity index (χ0n) is 12.7. The van der Waals surface area contributed by atoms with Gasteiger partial charge in [0.05, 0.1) is 6.10 Å². The Balaban J connectivity index is 1.93. The Morgan fingerprint density at radius 1 is 1.10 bits per heavy atom. The Hall–Kier alpha value is -2.00. The van der Waals surface area contributed by atoms with Crippen molar-refractivity contribution in [3.8, 4) is 5.75 Å². The lowest BCUT2D eigenvalue weighted by atomic mass is 10.1. The SMILES string of the molecule is CCOC(C)Cc1cccc(NCc2ccc(O)cc2)c1. The van der Waals surface area contributed by atoms with E-state index in [-0.39, 0.29) is 6.10 Å². The smallest absolute Gasteiger partial charge is 0.115 e. The van der Waals surface area contributed by atoms with Crippen molar-refractivity contribution >= 4 is 5.69 Å². The Bertz CT molecular complexity index is 551. The standard InChI is InChI=1S/C18H23NO2/c1-3-21-14(2)11-16-5-4-6-17(12-16)19-13-15-7-9-18(20)10-8-15/h4-10,12,14,19-20H,3,11,13H2,1-2H3. The van der Waals surface area contributed by atoms with Crippen molar-refractivity contribution in [2.24, 2.45) is 0 Å². The number of hydrogen-bond donors (Lipinski definition) is 2. The van der Waals surface area contributed by atoms with Crippen molar-refractivity contribution in [3.63, 3.8) is 0 Å². The van der Waals surface area contributed by atoms with E-state index < -0.39 is 0 Å². The molecule has 2 aromatic carbocycles. The van der Waals surface area contributed by atoms with Gasteiger partial charge >= 0.3 is 0 Å². The highest BCUT2D eigenvalue weighted by Gasteiger charge is 2.03. The quantitative estimate of drug-likeness (QED) is 0.808. The molecule has 1 unspecified atom stereocenters. The lowest BCUT2D eigenvalue weighted by Gasteiger charge is -2.13. The molecule has 0 radical (unpaired) electrons. The highest BCUT2D eigenvalue weighted by Crippen LogP contribution is 2.15. The summed E-state index contributed by atoms with van der Waals surface area (Å²) >= 11 is 0. The molecule has 3 heteroatoms. The molecule has 0 aliphatic carbocycles. The first kappa shape index (κ1) is 15.4. The number of hydrogen-bond acceptors (Lipinski definition) is 3. The second-order valence-electron chi connectivity index (χ2n) is 5.19. The van der Waals surface area contributed by atoms with Crippen LogP contribution >= 0.6 is 0 Å². The van der Waals surface area contributed by atoms with Crippen molar-refractivity contribution in [2.45, 2.75) is 32.9 Å². The molecule has 0 bridgehead atoms. The van der Waals surface area contributed by atoms with Crippen LogP contribution in [0.25, 0.3) is 0 Å². The van der Waals surface area contributed by atoms with Gasteiger partial charge in [-0.1, -0.05) is 24.3 Å². The zero-order chi connectivity index (χ0) is 15.1. The Morgan fingerprint density at radius 2 is 1.86 bits per heavy atom. The van der Waals surface area contributed by atoms with Crippen molar-refractivity contribution in [2.75, 3.05) is 11.9 Å². The van der Waals surface area contributed by atoms with Crippen LogP contribution in [0.4, 0.5) is 5.69 Å². The molecule has 0 fully saturated rings. The van der Waals surface area contributed by atoms with E-state index >= 15 is 0 Å². The summed E-state index contributed by atoms with van der Waals surface area (Å²) in [7, 11) is 0. The van der Waals surface area contributed by atoms with Crippen LogP contribution in [0.3, 0.4) is 0 Å². The molecule has 112 valence electrons. The minimum atomic E-state index is 0.238.